The molecule has 0 radical (unpaired) electrons. The molecule has 2 unspecified atom stereocenters. The quantitative estimate of drug-likeness (QED) is 0.109. The number of hydrogen-bond acceptors (Lipinski definition) is 17. The van der Waals surface area contributed by atoms with E-state index in [0.717, 1.165) is 5.57 Å². The number of rotatable bonds is 9. The van der Waals surface area contributed by atoms with Crippen LogP contribution in [-0.2, 0) is 52.5 Å². The van der Waals surface area contributed by atoms with Crippen LogP contribution in [0, 0.1) is 46.8 Å². The number of carbonyl (C=O) groups is 6. The highest BCUT2D eigenvalue weighted by molar-refractivity contribution is 6.39. The number of carbonyl (C=O) groups excluding carboxylic acids is 6. The Balaban J connectivity index is 1.52. The molecule has 410 valence electrons. The number of amides is 1. The third kappa shape index (κ3) is 14.1. The molecule has 6 bridgehead atoms. The molecule has 0 aromatic carbocycles. The van der Waals surface area contributed by atoms with Crippen molar-refractivity contribution in [2.45, 2.75) is 173 Å². The number of ether oxygens (including phenoxy) is 5. The summed E-state index contributed by atoms with van der Waals surface area (Å²) in [6.07, 6.45) is 8.23. The van der Waals surface area contributed by atoms with Crippen molar-refractivity contribution in [1.82, 2.24) is 4.90 Å². The molecule has 0 aromatic heterocycles. The van der Waals surface area contributed by atoms with Gasteiger partial charge in [0.15, 0.2) is 0 Å². The van der Waals surface area contributed by atoms with Crippen LogP contribution in [0.1, 0.15) is 119 Å². The number of Topliss-reactive ketones (excluding diaryl/α,β-unsaturated/α-hetero) is 3. The van der Waals surface area contributed by atoms with Crippen molar-refractivity contribution in [2.75, 3.05) is 40.6 Å². The third-order valence-corrected chi connectivity index (χ3v) is 16.5. The summed E-state index contributed by atoms with van der Waals surface area (Å²) >= 11 is 0. The van der Waals surface area contributed by atoms with Gasteiger partial charge in [0.05, 0.1) is 55.8 Å². The molecule has 73 heavy (non-hydrogen) atoms. The summed E-state index contributed by atoms with van der Waals surface area (Å²) in [6, 6.07) is -1.23. The van der Waals surface area contributed by atoms with E-state index in [1.54, 1.807) is 58.9 Å². The molecule has 4 fully saturated rings. The van der Waals surface area contributed by atoms with Gasteiger partial charge < -0.3 is 59.2 Å². The zero-order valence-corrected chi connectivity index (χ0v) is 44.3. The molecule has 6 N–H and O–H groups in total. The highest BCUT2D eigenvalue weighted by atomic mass is 16.6. The fraction of sp³-hybridized carbons (Fsp3) is 0.745. The average molecular weight is 1030 g/mol. The third-order valence-electron chi connectivity index (χ3n) is 16.5. The SMILES string of the molecule is CO[C@H]1CC2CC[C@@H](C)[C@@](O)(O2)C(=O)C(=O)N2CCCC3[C@H]2C(=O)O[C@@H](CC(=O)[C@H](C)/C=C(\C)[C@@H](O)[C@@H](CO)C(=O)[C@H](C)C[C@@](C)(O)/C=C/C=C/C=C1C)[C@H]3C[C@@H]1CC[C@@H](OC(=O)C(C)(CO)CO)[C@H](OC)C1. The van der Waals surface area contributed by atoms with E-state index in [1.807, 2.05) is 6.92 Å². The molecule has 16 atom stereocenters. The number of aliphatic hydroxyl groups excluding tert-OH is 4. The molecule has 3 saturated heterocycles. The summed E-state index contributed by atoms with van der Waals surface area (Å²) < 4.78 is 29.8. The molecule has 5 aliphatic rings. The lowest BCUT2D eigenvalue weighted by Gasteiger charge is -2.50. The normalized spacial score (nSPS) is 39.8. The summed E-state index contributed by atoms with van der Waals surface area (Å²) in [6.45, 7) is 9.29. The predicted molar refractivity (Wildman–Crippen MR) is 266 cm³/mol. The highest BCUT2D eigenvalue weighted by Gasteiger charge is 2.57. The van der Waals surface area contributed by atoms with Crippen LogP contribution in [0.3, 0.4) is 0 Å². The smallest absolute Gasteiger partial charge is 0.329 e. The van der Waals surface area contributed by atoms with Crippen molar-refractivity contribution >= 4 is 35.2 Å². The zero-order valence-electron chi connectivity index (χ0n) is 44.3. The molecular formula is C55H83NO17. The minimum atomic E-state index is -2.52. The molecule has 5 rings (SSSR count). The molecule has 1 aliphatic carbocycles. The van der Waals surface area contributed by atoms with Crippen molar-refractivity contribution in [3.05, 3.63) is 47.6 Å². The van der Waals surface area contributed by atoms with E-state index >= 15 is 0 Å². The second-order valence-corrected chi connectivity index (χ2v) is 22.2. The fourth-order valence-corrected chi connectivity index (χ4v) is 11.7. The van der Waals surface area contributed by atoms with Crippen LogP contribution in [0.2, 0.25) is 0 Å². The van der Waals surface area contributed by atoms with Gasteiger partial charge in [-0.3, -0.25) is 24.0 Å². The Labute approximate surface area is 430 Å². The van der Waals surface area contributed by atoms with Gasteiger partial charge in [0.2, 0.25) is 5.79 Å². The molecular weight excluding hydrogens is 947 g/mol. The van der Waals surface area contributed by atoms with Crippen molar-refractivity contribution < 1.29 is 83.1 Å². The summed E-state index contributed by atoms with van der Waals surface area (Å²) in [7, 11) is 3.01. The molecule has 0 aromatic rings. The van der Waals surface area contributed by atoms with Crippen molar-refractivity contribution in [3.63, 3.8) is 0 Å². The molecule has 1 saturated carbocycles. The Kier molecular flexibility index (Phi) is 21.1. The van der Waals surface area contributed by atoms with Crippen LogP contribution >= 0.6 is 0 Å². The Hall–Kier alpha value is -3.98. The first-order valence-corrected chi connectivity index (χ1v) is 26.1. The van der Waals surface area contributed by atoms with Gasteiger partial charge in [0, 0.05) is 57.3 Å². The predicted octanol–water partition coefficient (Wildman–Crippen LogP) is 3.65. The van der Waals surface area contributed by atoms with E-state index in [9.17, 15) is 59.4 Å². The van der Waals surface area contributed by atoms with Crippen molar-refractivity contribution in [2.24, 2.45) is 46.8 Å². The van der Waals surface area contributed by atoms with Crippen LogP contribution in [0.15, 0.2) is 47.6 Å². The maximum Gasteiger partial charge on any atom is 0.329 e. The van der Waals surface area contributed by atoms with Gasteiger partial charge in [0.25, 0.3) is 11.7 Å². The van der Waals surface area contributed by atoms with Crippen LogP contribution in [0.5, 0.6) is 0 Å². The van der Waals surface area contributed by atoms with E-state index < -0.39 is 144 Å². The fourth-order valence-electron chi connectivity index (χ4n) is 11.7. The molecule has 18 nitrogen and oxygen atoms in total. The second-order valence-electron chi connectivity index (χ2n) is 22.2. The van der Waals surface area contributed by atoms with E-state index in [1.165, 1.54) is 38.2 Å². The van der Waals surface area contributed by atoms with Crippen LogP contribution < -0.4 is 0 Å². The number of fused-ring (bicyclic) bond motifs is 3. The number of ketones is 3. The first kappa shape index (κ1) is 59.9. The molecule has 4 heterocycles. The topological polar surface area (TPSA) is 273 Å². The van der Waals surface area contributed by atoms with E-state index in [4.69, 9.17) is 23.7 Å². The Morgan fingerprint density at radius 2 is 1.59 bits per heavy atom. The number of piperidine rings is 1. The van der Waals surface area contributed by atoms with Gasteiger partial charge in [-0.1, -0.05) is 57.2 Å². The lowest BCUT2D eigenvalue weighted by atomic mass is 9.68. The maximum atomic E-state index is 14.6. The van der Waals surface area contributed by atoms with E-state index in [-0.39, 0.29) is 43.1 Å². The Morgan fingerprint density at radius 1 is 0.890 bits per heavy atom. The van der Waals surface area contributed by atoms with E-state index in [0.29, 0.717) is 51.4 Å². The molecule has 18 heteroatoms. The number of hydrogen-bond donors (Lipinski definition) is 6. The van der Waals surface area contributed by atoms with Crippen LogP contribution in [0.25, 0.3) is 0 Å². The standard InChI is InChI=1S/C55H83NO17/c1-31-14-11-10-12-20-54(7,67)27-34(4)48(62)40(28-57)47(61)33(3)22-32(2)41(60)26-44-39(23-36-17-19-42(45(24-36)70-9)72-52(66)53(6,29-58)30-59)38-15-13-21-56(46(38)51(65)71-44)50(64)49(63)55(68)35(5)16-18-37(73-55)25-43(31)69-8/h10-12,14,20,22,32,34-40,42-47,57-59,61,67-68H,13,15-19,21,23-30H2,1-9H3/b11-10+,20-12+,31-14?,33-22+/t32-,34-,35-,36+,37?,38?,39+,40-,42-,43+,44+,45-,46+,47-,54+,55-/m1/s1. The first-order chi connectivity index (χ1) is 34.4. The lowest BCUT2D eigenvalue weighted by molar-refractivity contribution is -0.266. The minimum absolute atomic E-state index is 0.0173. The molecule has 4 aliphatic heterocycles. The summed E-state index contributed by atoms with van der Waals surface area (Å²) in [5, 5.41) is 64.9. The van der Waals surface area contributed by atoms with Gasteiger partial charge in [-0.15, -0.1) is 0 Å². The number of nitrogens with zero attached hydrogens (tertiary/aromatic N) is 1. The van der Waals surface area contributed by atoms with Crippen molar-refractivity contribution in [3.8, 4) is 0 Å². The average Bonchev–Trinajstić information content (AvgIpc) is 3.36. The maximum absolute atomic E-state index is 14.6. The minimum Gasteiger partial charge on any atom is -0.460 e. The Morgan fingerprint density at radius 3 is 2.23 bits per heavy atom. The number of allylic oxidation sites excluding steroid dienone is 5. The highest BCUT2D eigenvalue weighted by Crippen LogP contribution is 2.46. The number of methoxy groups -OCH3 is 2. The summed E-state index contributed by atoms with van der Waals surface area (Å²) in [5.74, 6) is -12.1. The monoisotopic (exact) mass is 1030 g/mol. The van der Waals surface area contributed by atoms with Gasteiger partial charge in [0.1, 0.15) is 35.2 Å². The molecule has 0 spiro atoms. The van der Waals surface area contributed by atoms with E-state index in [2.05, 4.69) is 0 Å². The van der Waals surface area contributed by atoms with Gasteiger partial charge in [-0.05, 0) is 108 Å². The van der Waals surface area contributed by atoms with Crippen LogP contribution in [0.4, 0.5) is 0 Å². The van der Waals surface area contributed by atoms with Gasteiger partial charge in [-0.25, -0.2) is 4.79 Å². The van der Waals surface area contributed by atoms with Gasteiger partial charge >= 0.3 is 11.9 Å². The summed E-state index contributed by atoms with van der Waals surface area (Å²) in [4.78, 5) is 85.8. The summed E-state index contributed by atoms with van der Waals surface area (Å²) in [5.41, 5.74) is -1.93. The zero-order chi connectivity index (χ0) is 54.2. The first-order valence-electron chi connectivity index (χ1n) is 26.1. The lowest BCUT2D eigenvalue weighted by Crippen LogP contribution is -2.65. The van der Waals surface area contributed by atoms with Crippen molar-refractivity contribution in [1.29, 1.82) is 0 Å². The largest absolute Gasteiger partial charge is 0.460 e. The number of aliphatic hydroxyl groups is 6. The van der Waals surface area contributed by atoms with Gasteiger partial charge in [-0.2, -0.15) is 0 Å². The van der Waals surface area contributed by atoms with Crippen LogP contribution in [-0.4, -0.2) is 165 Å². The number of esters is 2. The molecule has 1 amide bonds. The second kappa shape index (κ2) is 25.7. The Bertz CT molecular complexity index is 2090.